The van der Waals surface area contributed by atoms with Gasteiger partial charge in [-0.25, -0.2) is 0 Å². The number of hydrogen-bond acceptors (Lipinski definition) is 5. The van der Waals surface area contributed by atoms with E-state index < -0.39 is 0 Å². The molecule has 8 heteroatoms. The first-order valence-electron chi connectivity index (χ1n) is 7.35. The maximum atomic E-state index is 9.52. The molecule has 3 aromatic rings. The Balaban J connectivity index is 1.77. The first kappa shape index (κ1) is 17.8. The standard InChI is InChI=1S/C17H14Cl2N4OS/c1-11-21-22-17(25-10-13-5-6-14(18)8-16(13)19)23(11)20-9-12-3-2-4-15(24)7-12/h2-9,24H,10H2,1H3/b20-9+. The highest BCUT2D eigenvalue weighted by atomic mass is 35.5. The molecule has 0 saturated heterocycles. The molecule has 0 amide bonds. The van der Waals surface area contributed by atoms with Crippen LogP contribution in [0.2, 0.25) is 10.0 Å². The van der Waals surface area contributed by atoms with E-state index in [0.717, 1.165) is 11.1 Å². The molecule has 0 aliphatic heterocycles. The molecule has 0 radical (unpaired) electrons. The number of phenolic OH excluding ortho intramolecular Hbond substituents is 1. The van der Waals surface area contributed by atoms with Gasteiger partial charge in [-0.2, -0.15) is 9.78 Å². The normalized spacial score (nSPS) is 11.3. The third-order valence-electron chi connectivity index (χ3n) is 3.33. The zero-order chi connectivity index (χ0) is 17.8. The summed E-state index contributed by atoms with van der Waals surface area (Å²) in [5.41, 5.74) is 1.74. The van der Waals surface area contributed by atoms with Gasteiger partial charge < -0.3 is 5.11 Å². The lowest BCUT2D eigenvalue weighted by molar-refractivity contribution is 0.475. The van der Waals surface area contributed by atoms with E-state index in [9.17, 15) is 5.11 Å². The first-order chi connectivity index (χ1) is 12.0. The predicted molar refractivity (Wildman–Crippen MR) is 102 cm³/mol. The van der Waals surface area contributed by atoms with Crippen molar-refractivity contribution in [3.63, 3.8) is 0 Å². The van der Waals surface area contributed by atoms with Crippen molar-refractivity contribution in [3.8, 4) is 5.75 Å². The van der Waals surface area contributed by atoms with Crippen molar-refractivity contribution in [1.29, 1.82) is 0 Å². The Kier molecular flexibility index (Phi) is 5.63. The highest BCUT2D eigenvalue weighted by Gasteiger charge is 2.10. The zero-order valence-corrected chi connectivity index (χ0v) is 15.6. The van der Waals surface area contributed by atoms with Crippen molar-refractivity contribution in [3.05, 3.63) is 69.5 Å². The fraction of sp³-hybridized carbons (Fsp3) is 0.118. The zero-order valence-electron chi connectivity index (χ0n) is 13.2. The number of aryl methyl sites for hydroxylation is 1. The number of phenols is 1. The fourth-order valence-corrected chi connectivity index (χ4v) is 3.56. The maximum absolute atomic E-state index is 9.52. The highest BCUT2D eigenvalue weighted by molar-refractivity contribution is 7.98. The molecule has 0 aliphatic carbocycles. The minimum atomic E-state index is 0.191. The number of thioether (sulfide) groups is 1. The van der Waals surface area contributed by atoms with Crippen LogP contribution in [0.1, 0.15) is 17.0 Å². The second-order valence-electron chi connectivity index (χ2n) is 5.21. The molecule has 0 bridgehead atoms. The minimum absolute atomic E-state index is 0.191. The summed E-state index contributed by atoms with van der Waals surface area (Å²) in [7, 11) is 0. The number of hydrogen-bond donors (Lipinski definition) is 1. The molecule has 0 fully saturated rings. The van der Waals surface area contributed by atoms with E-state index in [0.29, 0.717) is 26.8 Å². The summed E-state index contributed by atoms with van der Waals surface area (Å²) in [6.07, 6.45) is 1.65. The summed E-state index contributed by atoms with van der Waals surface area (Å²) in [4.78, 5) is 0. The molecule has 1 N–H and O–H groups in total. The van der Waals surface area contributed by atoms with Crippen LogP contribution in [0.3, 0.4) is 0 Å². The lowest BCUT2D eigenvalue weighted by Gasteiger charge is -2.05. The minimum Gasteiger partial charge on any atom is -0.508 e. The Morgan fingerprint density at radius 3 is 2.80 bits per heavy atom. The van der Waals surface area contributed by atoms with Gasteiger partial charge in [-0.15, -0.1) is 10.2 Å². The number of aromatic hydroxyl groups is 1. The monoisotopic (exact) mass is 392 g/mol. The van der Waals surface area contributed by atoms with E-state index in [-0.39, 0.29) is 5.75 Å². The highest BCUT2D eigenvalue weighted by Crippen LogP contribution is 2.28. The van der Waals surface area contributed by atoms with Crippen LogP contribution in [0.15, 0.2) is 52.7 Å². The van der Waals surface area contributed by atoms with Crippen molar-refractivity contribution in [2.24, 2.45) is 5.10 Å². The van der Waals surface area contributed by atoms with E-state index in [2.05, 4.69) is 15.3 Å². The van der Waals surface area contributed by atoms with Gasteiger partial charge in [0, 0.05) is 15.8 Å². The van der Waals surface area contributed by atoms with E-state index in [1.165, 1.54) is 11.8 Å². The summed E-state index contributed by atoms with van der Waals surface area (Å²) in [6, 6.07) is 12.3. The van der Waals surface area contributed by atoms with Gasteiger partial charge in [-0.05, 0) is 42.3 Å². The number of benzene rings is 2. The van der Waals surface area contributed by atoms with E-state index in [4.69, 9.17) is 23.2 Å². The van der Waals surface area contributed by atoms with E-state index >= 15 is 0 Å². The van der Waals surface area contributed by atoms with Crippen molar-refractivity contribution in [2.75, 3.05) is 0 Å². The van der Waals surface area contributed by atoms with Gasteiger partial charge in [0.05, 0.1) is 6.21 Å². The Morgan fingerprint density at radius 1 is 1.20 bits per heavy atom. The van der Waals surface area contributed by atoms with Crippen molar-refractivity contribution in [1.82, 2.24) is 14.9 Å². The number of aromatic nitrogens is 3. The number of halogens is 2. The van der Waals surface area contributed by atoms with Crippen LogP contribution >= 0.6 is 35.0 Å². The van der Waals surface area contributed by atoms with Crippen molar-refractivity contribution < 1.29 is 5.11 Å². The average Bonchev–Trinajstić information content (AvgIpc) is 2.92. The quantitative estimate of drug-likeness (QED) is 0.501. The smallest absolute Gasteiger partial charge is 0.212 e. The van der Waals surface area contributed by atoms with E-state index in [1.807, 2.05) is 19.1 Å². The second-order valence-corrected chi connectivity index (χ2v) is 6.99. The molecule has 0 atom stereocenters. The summed E-state index contributed by atoms with van der Waals surface area (Å²) < 4.78 is 1.65. The van der Waals surface area contributed by atoms with Gasteiger partial charge >= 0.3 is 0 Å². The molecule has 5 nitrogen and oxygen atoms in total. The summed E-state index contributed by atoms with van der Waals surface area (Å²) in [5.74, 6) is 1.48. The lowest BCUT2D eigenvalue weighted by atomic mass is 10.2. The van der Waals surface area contributed by atoms with Crippen LogP contribution in [0.4, 0.5) is 0 Å². The molecule has 0 spiro atoms. The molecule has 0 aliphatic rings. The van der Waals surface area contributed by atoms with Gasteiger partial charge in [-0.1, -0.05) is 53.2 Å². The van der Waals surface area contributed by atoms with Crippen molar-refractivity contribution in [2.45, 2.75) is 17.8 Å². The van der Waals surface area contributed by atoms with Gasteiger partial charge in [0.1, 0.15) is 5.75 Å². The Hall–Kier alpha value is -2.02. The maximum Gasteiger partial charge on any atom is 0.212 e. The summed E-state index contributed by atoms with van der Waals surface area (Å²) >= 11 is 13.6. The van der Waals surface area contributed by atoms with Crippen LogP contribution < -0.4 is 0 Å². The van der Waals surface area contributed by atoms with Crippen LogP contribution in [0, 0.1) is 6.92 Å². The van der Waals surface area contributed by atoms with Gasteiger partial charge in [0.2, 0.25) is 5.16 Å². The molecule has 2 aromatic carbocycles. The fourth-order valence-electron chi connectivity index (χ4n) is 2.07. The molecule has 128 valence electrons. The molecule has 1 aromatic heterocycles. The molecular weight excluding hydrogens is 379 g/mol. The average molecular weight is 393 g/mol. The molecule has 3 rings (SSSR count). The Labute approximate surface area is 159 Å². The number of nitrogens with zero attached hydrogens (tertiary/aromatic N) is 4. The molecular formula is C17H14Cl2N4OS. The lowest BCUT2D eigenvalue weighted by Crippen LogP contribution is -1.96. The molecule has 0 unspecified atom stereocenters. The number of rotatable bonds is 5. The topological polar surface area (TPSA) is 63.3 Å². The van der Waals surface area contributed by atoms with Gasteiger partial charge in [-0.3, -0.25) is 0 Å². The van der Waals surface area contributed by atoms with E-state index in [1.54, 1.807) is 41.2 Å². The molecule has 0 saturated carbocycles. The Bertz CT molecular complexity index is 927. The Morgan fingerprint density at radius 2 is 2.04 bits per heavy atom. The first-order valence-corrected chi connectivity index (χ1v) is 9.09. The van der Waals surface area contributed by atoms with Gasteiger partial charge in [0.25, 0.3) is 0 Å². The SMILES string of the molecule is Cc1nnc(SCc2ccc(Cl)cc2Cl)n1/N=C/c1cccc(O)c1. The van der Waals surface area contributed by atoms with Crippen LogP contribution in [-0.4, -0.2) is 26.2 Å². The summed E-state index contributed by atoms with van der Waals surface area (Å²) in [6.45, 7) is 1.83. The van der Waals surface area contributed by atoms with Crippen LogP contribution in [0.5, 0.6) is 5.75 Å². The third-order valence-corrected chi connectivity index (χ3v) is 4.89. The third kappa shape index (κ3) is 4.54. The summed E-state index contributed by atoms with van der Waals surface area (Å²) in [5, 5.41) is 24.0. The second kappa shape index (κ2) is 7.91. The largest absolute Gasteiger partial charge is 0.508 e. The van der Waals surface area contributed by atoms with Gasteiger partial charge in [0.15, 0.2) is 5.82 Å². The molecule has 1 heterocycles. The predicted octanol–water partition coefficient (Wildman–Crippen LogP) is 4.77. The van der Waals surface area contributed by atoms with Crippen molar-refractivity contribution >= 4 is 41.2 Å². The molecule has 25 heavy (non-hydrogen) atoms. The van der Waals surface area contributed by atoms with Crippen LogP contribution in [0.25, 0.3) is 0 Å². The van der Waals surface area contributed by atoms with Crippen LogP contribution in [-0.2, 0) is 5.75 Å².